The smallest absolute Gasteiger partial charge is 0.416 e. The van der Waals surface area contributed by atoms with Crippen LogP contribution in [0.1, 0.15) is 39.4 Å². The van der Waals surface area contributed by atoms with E-state index in [1.165, 1.54) is 19.2 Å². The standard InChI is InChI=1S/C20H19F3O4/c1-26-18(25)14-4-2-13(3-5-14)17-10-19(17,11-27-12-24)15-6-8-16(9-7-15)20(21,22)23/h2-9,17,24H,10-12H2,1H3/t17-,19+/m1/s1. The van der Waals surface area contributed by atoms with Gasteiger partial charge in [-0.3, -0.25) is 0 Å². The van der Waals surface area contributed by atoms with E-state index in [1.807, 2.05) is 12.1 Å². The van der Waals surface area contributed by atoms with E-state index in [9.17, 15) is 18.0 Å². The van der Waals surface area contributed by atoms with E-state index in [-0.39, 0.29) is 12.5 Å². The van der Waals surface area contributed by atoms with E-state index in [0.29, 0.717) is 12.0 Å². The number of ether oxygens (including phenoxy) is 2. The lowest BCUT2D eigenvalue weighted by Gasteiger charge is -2.19. The van der Waals surface area contributed by atoms with Crippen LogP contribution in [-0.4, -0.2) is 31.6 Å². The molecule has 7 heteroatoms. The number of hydrogen-bond donors (Lipinski definition) is 1. The Morgan fingerprint density at radius 2 is 1.78 bits per heavy atom. The second kappa shape index (κ2) is 7.32. The number of aliphatic hydroxyl groups is 1. The van der Waals surface area contributed by atoms with Gasteiger partial charge in [-0.2, -0.15) is 13.2 Å². The van der Waals surface area contributed by atoms with Crippen LogP contribution >= 0.6 is 0 Å². The highest BCUT2D eigenvalue weighted by molar-refractivity contribution is 5.89. The third kappa shape index (κ3) is 3.84. The van der Waals surface area contributed by atoms with Crippen molar-refractivity contribution in [2.45, 2.75) is 23.9 Å². The molecule has 1 aliphatic carbocycles. The number of methoxy groups -OCH3 is 1. The van der Waals surface area contributed by atoms with Crippen molar-refractivity contribution < 1.29 is 32.5 Å². The Morgan fingerprint density at radius 3 is 2.30 bits per heavy atom. The number of aliphatic hydroxyl groups excluding tert-OH is 1. The fourth-order valence-corrected chi connectivity index (χ4v) is 3.49. The first-order valence-corrected chi connectivity index (χ1v) is 8.36. The van der Waals surface area contributed by atoms with Crippen LogP contribution in [0.25, 0.3) is 0 Å². The SMILES string of the molecule is COC(=O)c1ccc([C@H]2C[C@]2(COCO)c2ccc(C(F)(F)F)cc2)cc1. The summed E-state index contributed by atoms with van der Waals surface area (Å²) in [7, 11) is 1.30. The summed E-state index contributed by atoms with van der Waals surface area (Å²) in [5, 5.41) is 9.01. The van der Waals surface area contributed by atoms with Crippen molar-refractivity contribution in [1.29, 1.82) is 0 Å². The lowest BCUT2D eigenvalue weighted by molar-refractivity contribution is -0.137. The number of alkyl halides is 3. The van der Waals surface area contributed by atoms with Crippen molar-refractivity contribution in [3.63, 3.8) is 0 Å². The first kappa shape index (κ1) is 19.4. The average molecular weight is 380 g/mol. The van der Waals surface area contributed by atoms with Gasteiger partial charge in [-0.1, -0.05) is 24.3 Å². The monoisotopic (exact) mass is 380 g/mol. The van der Waals surface area contributed by atoms with Crippen LogP contribution in [0.5, 0.6) is 0 Å². The maximum absolute atomic E-state index is 12.8. The van der Waals surface area contributed by atoms with Crippen LogP contribution in [0.4, 0.5) is 13.2 Å². The molecule has 1 saturated carbocycles. The van der Waals surface area contributed by atoms with Gasteiger partial charge in [-0.25, -0.2) is 4.79 Å². The Bertz CT molecular complexity index is 799. The molecule has 0 amide bonds. The van der Waals surface area contributed by atoms with Gasteiger partial charge in [0.25, 0.3) is 0 Å². The van der Waals surface area contributed by atoms with Crippen molar-refractivity contribution in [1.82, 2.24) is 0 Å². The normalized spacial score (nSPS) is 21.7. The first-order valence-electron chi connectivity index (χ1n) is 8.36. The summed E-state index contributed by atoms with van der Waals surface area (Å²) < 4.78 is 48.3. The molecule has 1 fully saturated rings. The van der Waals surface area contributed by atoms with E-state index in [2.05, 4.69) is 4.74 Å². The number of rotatable bonds is 6. The Balaban J connectivity index is 1.86. The molecular formula is C20H19F3O4. The molecule has 0 spiro atoms. The zero-order valence-electron chi connectivity index (χ0n) is 14.6. The minimum absolute atomic E-state index is 0.0208. The highest BCUT2D eigenvalue weighted by atomic mass is 19.4. The van der Waals surface area contributed by atoms with E-state index in [0.717, 1.165) is 23.3 Å². The molecule has 144 valence electrons. The van der Waals surface area contributed by atoms with Gasteiger partial charge in [-0.05, 0) is 47.7 Å². The maximum Gasteiger partial charge on any atom is 0.416 e. The third-order valence-corrected chi connectivity index (χ3v) is 5.05. The lowest BCUT2D eigenvalue weighted by atomic mass is 9.90. The topological polar surface area (TPSA) is 55.8 Å². The van der Waals surface area contributed by atoms with Gasteiger partial charge in [-0.15, -0.1) is 0 Å². The van der Waals surface area contributed by atoms with E-state index in [1.54, 1.807) is 12.1 Å². The van der Waals surface area contributed by atoms with Crippen LogP contribution in [0, 0.1) is 0 Å². The average Bonchev–Trinajstić information content (AvgIpc) is 3.41. The molecule has 0 radical (unpaired) electrons. The Kier molecular flexibility index (Phi) is 5.26. The highest BCUT2D eigenvalue weighted by Crippen LogP contribution is 2.60. The molecular weight excluding hydrogens is 361 g/mol. The third-order valence-electron chi connectivity index (χ3n) is 5.05. The van der Waals surface area contributed by atoms with Crippen LogP contribution in [-0.2, 0) is 21.1 Å². The predicted octanol–water partition coefficient (Wildman–Crippen LogP) is 3.88. The summed E-state index contributed by atoms with van der Waals surface area (Å²) in [6, 6.07) is 12.0. The quantitative estimate of drug-likeness (QED) is 0.610. The molecule has 0 heterocycles. The molecule has 2 aromatic rings. The highest BCUT2D eigenvalue weighted by Gasteiger charge is 2.56. The maximum atomic E-state index is 12.8. The molecule has 27 heavy (non-hydrogen) atoms. The molecule has 1 N–H and O–H groups in total. The Morgan fingerprint density at radius 1 is 1.15 bits per heavy atom. The molecule has 0 saturated heterocycles. The van der Waals surface area contributed by atoms with Gasteiger partial charge < -0.3 is 14.6 Å². The van der Waals surface area contributed by atoms with Gasteiger partial charge >= 0.3 is 12.1 Å². The molecule has 0 unspecified atom stereocenters. The minimum Gasteiger partial charge on any atom is -0.465 e. The first-order chi connectivity index (χ1) is 12.8. The molecule has 0 aliphatic heterocycles. The predicted molar refractivity (Wildman–Crippen MR) is 91.3 cm³/mol. The van der Waals surface area contributed by atoms with Crippen LogP contribution in [0.2, 0.25) is 0 Å². The summed E-state index contributed by atoms with van der Waals surface area (Å²) >= 11 is 0. The fourth-order valence-electron chi connectivity index (χ4n) is 3.49. The number of halogens is 3. The molecule has 3 rings (SSSR count). The summed E-state index contributed by atoms with van der Waals surface area (Å²) in [5.74, 6) is -0.414. The number of benzene rings is 2. The lowest BCUT2D eigenvalue weighted by Crippen LogP contribution is -2.19. The summed E-state index contributed by atoms with van der Waals surface area (Å²) in [6.07, 6.45) is -3.71. The van der Waals surface area contributed by atoms with Crippen molar-refractivity contribution in [3.05, 3.63) is 70.8 Å². The van der Waals surface area contributed by atoms with Gasteiger partial charge in [0.15, 0.2) is 0 Å². The van der Waals surface area contributed by atoms with Crippen molar-refractivity contribution in [2.75, 3.05) is 20.5 Å². The number of hydrogen-bond acceptors (Lipinski definition) is 4. The summed E-state index contributed by atoms with van der Waals surface area (Å²) in [6.45, 7) is -0.269. The minimum atomic E-state index is -4.39. The Labute approximate surface area is 154 Å². The van der Waals surface area contributed by atoms with Crippen LogP contribution in [0.15, 0.2) is 48.5 Å². The zero-order chi connectivity index (χ0) is 19.7. The van der Waals surface area contributed by atoms with Crippen molar-refractivity contribution in [2.24, 2.45) is 0 Å². The fraction of sp³-hybridized carbons (Fsp3) is 0.350. The molecule has 1 aliphatic rings. The Hall–Kier alpha value is -2.38. The number of carbonyl (C=O) groups is 1. The number of esters is 1. The molecule has 4 nitrogen and oxygen atoms in total. The van der Waals surface area contributed by atoms with Crippen molar-refractivity contribution in [3.8, 4) is 0 Å². The van der Waals surface area contributed by atoms with E-state index >= 15 is 0 Å². The zero-order valence-corrected chi connectivity index (χ0v) is 14.6. The van der Waals surface area contributed by atoms with E-state index < -0.39 is 29.9 Å². The van der Waals surface area contributed by atoms with Gasteiger partial charge in [0, 0.05) is 5.41 Å². The van der Waals surface area contributed by atoms with Gasteiger partial charge in [0.1, 0.15) is 6.79 Å². The van der Waals surface area contributed by atoms with E-state index in [4.69, 9.17) is 9.84 Å². The summed E-state index contributed by atoms with van der Waals surface area (Å²) in [5.41, 5.74) is 0.896. The molecule has 0 bridgehead atoms. The second-order valence-corrected chi connectivity index (χ2v) is 6.58. The van der Waals surface area contributed by atoms with Crippen LogP contribution in [0.3, 0.4) is 0 Å². The largest absolute Gasteiger partial charge is 0.465 e. The van der Waals surface area contributed by atoms with Crippen LogP contribution < -0.4 is 0 Å². The second-order valence-electron chi connectivity index (χ2n) is 6.58. The molecule has 2 atom stereocenters. The summed E-state index contributed by atoms with van der Waals surface area (Å²) in [4.78, 5) is 11.6. The molecule has 2 aromatic carbocycles. The van der Waals surface area contributed by atoms with Gasteiger partial charge in [0.05, 0.1) is 24.8 Å². The number of carbonyl (C=O) groups excluding carboxylic acids is 1. The van der Waals surface area contributed by atoms with Gasteiger partial charge in [0.2, 0.25) is 0 Å². The molecule has 0 aromatic heterocycles. The van der Waals surface area contributed by atoms with Crippen molar-refractivity contribution >= 4 is 5.97 Å².